The lowest BCUT2D eigenvalue weighted by Crippen LogP contribution is -2.37. The molecule has 0 bridgehead atoms. The Balaban J connectivity index is 3.60. The van der Waals surface area contributed by atoms with E-state index >= 15 is 0 Å². The molecule has 0 saturated heterocycles. The maximum atomic E-state index is 11.6. The number of likely N-dealkylation sites (N-methyl/N-ethyl adjacent to an activating group) is 1. The van der Waals surface area contributed by atoms with Gasteiger partial charge in [0.1, 0.15) is 13.2 Å². The number of ether oxygens (including phenoxy) is 1. The summed E-state index contributed by atoms with van der Waals surface area (Å²) in [5, 5.41) is 0. The summed E-state index contributed by atoms with van der Waals surface area (Å²) >= 11 is 0. The zero-order valence-corrected chi connectivity index (χ0v) is 19.8. The van der Waals surface area contributed by atoms with Gasteiger partial charge in [-0.3, -0.25) is 4.79 Å². The highest BCUT2D eigenvalue weighted by Gasteiger charge is 2.08. The maximum absolute atomic E-state index is 11.6. The van der Waals surface area contributed by atoms with E-state index in [4.69, 9.17) is 4.74 Å². The molecule has 0 aromatic carbocycles. The minimum atomic E-state index is -0.108. The molecule has 0 fully saturated rings. The van der Waals surface area contributed by atoms with Crippen molar-refractivity contribution >= 4 is 5.97 Å². The van der Waals surface area contributed by atoms with Crippen molar-refractivity contribution in [2.24, 2.45) is 0 Å². The standard InChI is InChI=1S/C27H44NO2/c1-5-6-7-8-9-10-11-12-13-14-15-16-17-18-19-20-21-22-23-24-27(29)30-26-25-28(2,3)4/h6-7,9-10,12-13,15-16,18-19,21-22H,5,8,11,14,17,20,23-26H2,1-4H3/q+1/b7-6-,10-9-,13-12-,16-15-,19-18-,22-21-. The average molecular weight is 415 g/mol. The Morgan fingerprint density at radius 3 is 1.47 bits per heavy atom. The number of carbonyl (C=O) groups excluding carboxylic acids is 1. The Kier molecular flexibility index (Phi) is 18.7. The second kappa shape index (κ2) is 20.2. The maximum Gasteiger partial charge on any atom is 0.306 e. The second-order valence-corrected chi connectivity index (χ2v) is 8.19. The summed E-state index contributed by atoms with van der Waals surface area (Å²) in [4.78, 5) is 11.6. The van der Waals surface area contributed by atoms with E-state index in [2.05, 4.69) is 101 Å². The quantitative estimate of drug-likeness (QED) is 0.150. The fourth-order valence-electron chi connectivity index (χ4n) is 2.35. The Labute approximate surface area is 185 Å². The van der Waals surface area contributed by atoms with Crippen molar-refractivity contribution in [3.63, 3.8) is 0 Å². The van der Waals surface area contributed by atoms with Crippen molar-refractivity contribution in [3.8, 4) is 0 Å². The average Bonchev–Trinajstić information content (AvgIpc) is 2.68. The number of nitrogens with zero attached hydrogens (tertiary/aromatic N) is 1. The number of quaternary nitrogens is 1. The topological polar surface area (TPSA) is 26.3 Å². The second-order valence-electron chi connectivity index (χ2n) is 8.19. The molecule has 30 heavy (non-hydrogen) atoms. The van der Waals surface area contributed by atoms with Crippen LogP contribution in [0.25, 0.3) is 0 Å². The summed E-state index contributed by atoms with van der Waals surface area (Å²) in [7, 11) is 6.27. The van der Waals surface area contributed by atoms with Crippen molar-refractivity contribution in [2.75, 3.05) is 34.3 Å². The van der Waals surface area contributed by atoms with E-state index in [0.29, 0.717) is 13.0 Å². The van der Waals surface area contributed by atoms with Crippen LogP contribution < -0.4 is 0 Å². The smallest absolute Gasteiger partial charge is 0.306 e. The van der Waals surface area contributed by atoms with Gasteiger partial charge < -0.3 is 9.22 Å². The predicted molar refractivity (Wildman–Crippen MR) is 131 cm³/mol. The van der Waals surface area contributed by atoms with Gasteiger partial charge in [-0.1, -0.05) is 79.8 Å². The first kappa shape index (κ1) is 27.9. The first-order valence-electron chi connectivity index (χ1n) is 11.3. The van der Waals surface area contributed by atoms with Gasteiger partial charge in [0.25, 0.3) is 0 Å². The third kappa shape index (κ3) is 23.9. The zero-order chi connectivity index (χ0) is 22.3. The van der Waals surface area contributed by atoms with Crippen LogP contribution in [0.2, 0.25) is 0 Å². The van der Waals surface area contributed by atoms with Crippen molar-refractivity contribution in [1.82, 2.24) is 0 Å². The number of allylic oxidation sites excluding steroid dienone is 12. The summed E-state index contributed by atoms with van der Waals surface area (Å²) in [6.07, 6.45) is 33.4. The molecule has 3 heteroatoms. The first-order valence-corrected chi connectivity index (χ1v) is 11.3. The molecule has 0 heterocycles. The minimum absolute atomic E-state index is 0.108. The fourth-order valence-corrected chi connectivity index (χ4v) is 2.35. The number of rotatable bonds is 17. The van der Waals surface area contributed by atoms with Crippen molar-refractivity contribution < 1.29 is 14.0 Å². The summed E-state index contributed by atoms with van der Waals surface area (Å²) in [5.74, 6) is -0.108. The number of carbonyl (C=O) groups is 1. The monoisotopic (exact) mass is 414 g/mol. The van der Waals surface area contributed by atoms with E-state index in [-0.39, 0.29) is 5.97 Å². The van der Waals surface area contributed by atoms with Crippen molar-refractivity contribution in [1.29, 1.82) is 0 Å². The van der Waals surface area contributed by atoms with Crippen LogP contribution in [-0.4, -0.2) is 44.7 Å². The van der Waals surface area contributed by atoms with Gasteiger partial charge in [0.15, 0.2) is 0 Å². The van der Waals surface area contributed by atoms with Gasteiger partial charge in [-0.25, -0.2) is 0 Å². The van der Waals surface area contributed by atoms with Gasteiger partial charge in [-0.05, 0) is 44.9 Å². The lowest BCUT2D eigenvalue weighted by Gasteiger charge is -2.23. The molecular formula is C27H44NO2+. The molecule has 0 spiro atoms. The fraction of sp³-hybridized carbons (Fsp3) is 0.519. The van der Waals surface area contributed by atoms with E-state index in [0.717, 1.165) is 56.0 Å². The summed E-state index contributed by atoms with van der Waals surface area (Å²) in [6.45, 7) is 3.49. The van der Waals surface area contributed by atoms with Crippen LogP contribution in [0, 0.1) is 0 Å². The molecular weight excluding hydrogens is 370 g/mol. The van der Waals surface area contributed by atoms with E-state index in [9.17, 15) is 4.79 Å². The Hall–Kier alpha value is -2.13. The highest BCUT2D eigenvalue weighted by atomic mass is 16.5. The van der Waals surface area contributed by atoms with Crippen LogP contribution in [0.15, 0.2) is 72.9 Å². The van der Waals surface area contributed by atoms with Crippen LogP contribution >= 0.6 is 0 Å². The van der Waals surface area contributed by atoms with Crippen LogP contribution in [0.3, 0.4) is 0 Å². The lowest BCUT2D eigenvalue weighted by molar-refractivity contribution is -0.870. The molecule has 0 aliphatic carbocycles. The SMILES string of the molecule is CC/C=C\C/C=C\C/C=C\C/C=C\C/C=C\C/C=C\CCC(=O)OCC[N+](C)(C)C. The summed E-state index contributed by atoms with van der Waals surface area (Å²) in [5.41, 5.74) is 0. The van der Waals surface area contributed by atoms with E-state index < -0.39 is 0 Å². The Morgan fingerprint density at radius 1 is 0.667 bits per heavy atom. The number of hydrogen-bond donors (Lipinski definition) is 0. The third-order valence-electron chi connectivity index (χ3n) is 4.14. The van der Waals surface area contributed by atoms with E-state index in [1.54, 1.807) is 0 Å². The Bertz CT molecular complexity index is 586. The number of hydrogen-bond acceptors (Lipinski definition) is 2. The van der Waals surface area contributed by atoms with Crippen LogP contribution in [0.1, 0.15) is 58.3 Å². The first-order chi connectivity index (χ1) is 14.5. The van der Waals surface area contributed by atoms with Gasteiger partial charge >= 0.3 is 5.97 Å². The summed E-state index contributed by atoms with van der Waals surface area (Å²) in [6, 6.07) is 0. The molecule has 0 atom stereocenters. The van der Waals surface area contributed by atoms with Crippen LogP contribution in [0.5, 0.6) is 0 Å². The molecule has 0 saturated carbocycles. The minimum Gasteiger partial charge on any atom is -0.460 e. The molecule has 0 N–H and O–H groups in total. The van der Waals surface area contributed by atoms with Crippen molar-refractivity contribution in [3.05, 3.63) is 72.9 Å². The lowest BCUT2D eigenvalue weighted by atomic mass is 10.2. The van der Waals surface area contributed by atoms with Crippen LogP contribution in [-0.2, 0) is 9.53 Å². The van der Waals surface area contributed by atoms with E-state index in [1.165, 1.54) is 0 Å². The molecule has 0 rings (SSSR count). The van der Waals surface area contributed by atoms with Gasteiger partial charge in [0.2, 0.25) is 0 Å². The molecule has 0 unspecified atom stereocenters. The van der Waals surface area contributed by atoms with Gasteiger partial charge in [-0.2, -0.15) is 0 Å². The van der Waals surface area contributed by atoms with Gasteiger partial charge in [0, 0.05) is 6.42 Å². The molecule has 168 valence electrons. The summed E-state index contributed by atoms with van der Waals surface area (Å²) < 4.78 is 6.04. The van der Waals surface area contributed by atoms with Crippen LogP contribution in [0.4, 0.5) is 0 Å². The molecule has 3 nitrogen and oxygen atoms in total. The van der Waals surface area contributed by atoms with Gasteiger partial charge in [-0.15, -0.1) is 0 Å². The zero-order valence-electron chi connectivity index (χ0n) is 19.8. The molecule has 0 radical (unpaired) electrons. The molecule has 0 aliphatic rings. The van der Waals surface area contributed by atoms with Gasteiger partial charge in [0.05, 0.1) is 21.1 Å². The molecule has 0 aromatic heterocycles. The number of esters is 1. The molecule has 0 amide bonds. The highest BCUT2D eigenvalue weighted by molar-refractivity contribution is 5.69. The third-order valence-corrected chi connectivity index (χ3v) is 4.14. The van der Waals surface area contributed by atoms with E-state index in [1.807, 2.05) is 0 Å². The highest BCUT2D eigenvalue weighted by Crippen LogP contribution is 1.99. The van der Waals surface area contributed by atoms with Crippen molar-refractivity contribution in [2.45, 2.75) is 58.3 Å². The molecule has 0 aliphatic heterocycles. The molecule has 0 aromatic rings. The largest absolute Gasteiger partial charge is 0.460 e. The normalized spacial score (nSPS) is 13.3. The predicted octanol–water partition coefficient (Wildman–Crippen LogP) is 6.71. The Morgan fingerprint density at radius 2 is 1.07 bits per heavy atom.